The van der Waals surface area contributed by atoms with Crippen LogP contribution in [-0.2, 0) is 24.2 Å². The fourth-order valence-electron chi connectivity index (χ4n) is 4.73. The number of carbonyl (C=O) groups is 2. The number of anilines is 1. The summed E-state index contributed by atoms with van der Waals surface area (Å²) in [4.78, 5) is 30.0. The Morgan fingerprint density at radius 3 is 2.25 bits per heavy atom. The quantitative estimate of drug-likeness (QED) is 0.129. The highest BCUT2D eigenvalue weighted by atomic mass is 35.5. The number of halogens is 1. The van der Waals surface area contributed by atoms with Gasteiger partial charge in [0.25, 0.3) is 0 Å². The molecule has 226 valence electrons. The van der Waals surface area contributed by atoms with Gasteiger partial charge in [-0.25, -0.2) is 9.78 Å². The minimum atomic E-state index is -1.02. The van der Waals surface area contributed by atoms with Crippen molar-refractivity contribution in [1.82, 2.24) is 4.98 Å². The van der Waals surface area contributed by atoms with Crippen LogP contribution in [-0.4, -0.2) is 34.5 Å². The Morgan fingerprint density at radius 1 is 0.909 bits per heavy atom. The minimum Gasteiger partial charge on any atom is -0.493 e. The first kappa shape index (κ1) is 32.0. The molecule has 0 fully saturated rings. The fourth-order valence-corrected chi connectivity index (χ4v) is 4.73. The molecule has 0 spiro atoms. The largest absolute Gasteiger partial charge is 0.493 e. The number of carbonyl (C=O) groups excluding carboxylic acids is 1. The first-order valence-corrected chi connectivity index (χ1v) is 14.1. The van der Waals surface area contributed by atoms with E-state index in [0.29, 0.717) is 48.0 Å². The number of hydrogen-bond donors (Lipinski definition) is 3. The second-order valence-corrected chi connectivity index (χ2v) is 10.1. The number of aromatic nitrogens is 1. The Bertz CT molecular complexity index is 1690. The average Bonchev–Trinajstić information content (AvgIpc) is 3.42. The topological polar surface area (TPSA) is 128 Å². The van der Waals surface area contributed by atoms with Crippen molar-refractivity contribution in [2.45, 2.75) is 32.4 Å². The van der Waals surface area contributed by atoms with Crippen LogP contribution in [0.15, 0.2) is 108 Å². The van der Waals surface area contributed by atoms with Gasteiger partial charge in [-0.05, 0) is 54.4 Å². The molecule has 0 saturated heterocycles. The van der Waals surface area contributed by atoms with Crippen LogP contribution in [0.2, 0.25) is 0 Å². The molecule has 4 aromatic carbocycles. The number of rotatable bonds is 13. The molecule has 0 saturated carbocycles. The molecular weight excluding hydrogens is 578 g/mol. The number of oxazole rings is 1. The lowest BCUT2D eigenvalue weighted by molar-refractivity contribution is -0.137. The van der Waals surface area contributed by atoms with E-state index in [9.17, 15) is 14.7 Å². The van der Waals surface area contributed by atoms with Gasteiger partial charge in [-0.2, -0.15) is 0 Å². The predicted molar refractivity (Wildman–Crippen MR) is 173 cm³/mol. The van der Waals surface area contributed by atoms with Gasteiger partial charge in [0.1, 0.15) is 17.6 Å². The van der Waals surface area contributed by atoms with Crippen molar-refractivity contribution < 1.29 is 23.8 Å². The summed E-state index contributed by atoms with van der Waals surface area (Å²) in [6.45, 7) is 2.70. The van der Waals surface area contributed by atoms with Crippen LogP contribution >= 0.6 is 12.4 Å². The number of aryl methyl sites for hydroxylation is 1. The SMILES string of the molecule is Cc1oc(-c2ccccc2)nc1CCOc1ccc(CC(Nc2ccccc2C(=O)c2ccc(CN)cc2)C(=O)O)cc1.Cl. The van der Waals surface area contributed by atoms with Crippen molar-refractivity contribution in [2.75, 3.05) is 11.9 Å². The highest BCUT2D eigenvalue weighted by Crippen LogP contribution is 2.24. The summed E-state index contributed by atoms with van der Waals surface area (Å²) in [6, 6.07) is 30.2. The smallest absolute Gasteiger partial charge is 0.326 e. The van der Waals surface area contributed by atoms with Crippen LogP contribution in [0, 0.1) is 6.92 Å². The first-order valence-electron chi connectivity index (χ1n) is 14.1. The number of nitrogens with two attached hydrogens (primary N) is 1. The highest BCUT2D eigenvalue weighted by Gasteiger charge is 2.21. The van der Waals surface area contributed by atoms with Gasteiger partial charge in [-0.15, -0.1) is 12.4 Å². The molecule has 9 heteroatoms. The first-order chi connectivity index (χ1) is 20.9. The molecule has 0 bridgehead atoms. The van der Waals surface area contributed by atoms with Crippen LogP contribution in [0.4, 0.5) is 5.69 Å². The van der Waals surface area contributed by atoms with Crippen molar-refractivity contribution >= 4 is 29.8 Å². The standard InChI is InChI=1S/C35H33N3O5.ClH/c1-23-30(38-34(43-23)27-7-3-2-4-8-27)19-20-42-28-17-13-24(14-18-28)21-32(35(40)41)37-31-10-6-5-9-29(31)33(39)26-15-11-25(22-36)12-16-26;/h2-18,32,37H,19-22,36H2,1H3,(H,40,41);1H. The molecule has 0 aliphatic heterocycles. The number of hydrogen-bond acceptors (Lipinski definition) is 7. The maximum absolute atomic E-state index is 13.2. The molecule has 1 unspecified atom stereocenters. The highest BCUT2D eigenvalue weighted by molar-refractivity contribution is 6.12. The third-order valence-electron chi connectivity index (χ3n) is 7.14. The van der Waals surface area contributed by atoms with Gasteiger partial charge in [0.2, 0.25) is 5.89 Å². The van der Waals surface area contributed by atoms with Crippen LogP contribution in [0.3, 0.4) is 0 Å². The second-order valence-electron chi connectivity index (χ2n) is 10.1. The number of ether oxygens (including phenoxy) is 1. The number of carboxylic acids is 1. The lowest BCUT2D eigenvalue weighted by atomic mass is 9.99. The van der Waals surface area contributed by atoms with Crippen molar-refractivity contribution in [1.29, 1.82) is 0 Å². The van der Waals surface area contributed by atoms with Gasteiger partial charge in [-0.3, -0.25) is 4.79 Å². The van der Waals surface area contributed by atoms with Gasteiger partial charge in [0.05, 0.1) is 12.3 Å². The van der Waals surface area contributed by atoms with E-state index in [1.807, 2.05) is 73.7 Å². The van der Waals surface area contributed by atoms with Crippen molar-refractivity contribution in [3.63, 3.8) is 0 Å². The van der Waals surface area contributed by atoms with E-state index in [1.54, 1.807) is 36.4 Å². The van der Waals surface area contributed by atoms with Gasteiger partial charge in [0, 0.05) is 41.8 Å². The summed E-state index contributed by atoms with van der Waals surface area (Å²) in [7, 11) is 0. The number of para-hydroxylation sites is 1. The van der Waals surface area contributed by atoms with Crippen LogP contribution in [0.25, 0.3) is 11.5 Å². The Morgan fingerprint density at radius 2 is 1.57 bits per heavy atom. The zero-order chi connectivity index (χ0) is 30.2. The number of benzene rings is 4. The molecule has 44 heavy (non-hydrogen) atoms. The molecule has 0 amide bonds. The maximum Gasteiger partial charge on any atom is 0.326 e. The molecule has 1 aromatic heterocycles. The van der Waals surface area contributed by atoms with Gasteiger partial charge >= 0.3 is 5.97 Å². The lowest BCUT2D eigenvalue weighted by Crippen LogP contribution is -2.32. The van der Waals surface area contributed by atoms with Crippen LogP contribution in [0.1, 0.15) is 38.5 Å². The normalized spacial score (nSPS) is 11.3. The number of ketones is 1. The summed E-state index contributed by atoms with van der Waals surface area (Å²) >= 11 is 0. The number of carboxylic acid groups (broad SMARTS) is 1. The average molecular weight is 612 g/mol. The Balaban J connectivity index is 0.00000442. The summed E-state index contributed by atoms with van der Waals surface area (Å²) in [5.74, 6) is 0.803. The Labute approximate surface area is 262 Å². The molecule has 0 radical (unpaired) electrons. The lowest BCUT2D eigenvalue weighted by Gasteiger charge is -2.18. The van der Waals surface area contributed by atoms with Gasteiger partial charge < -0.3 is 25.3 Å². The van der Waals surface area contributed by atoms with Crippen LogP contribution in [0.5, 0.6) is 5.75 Å². The third-order valence-corrected chi connectivity index (χ3v) is 7.14. The van der Waals surface area contributed by atoms with Crippen molar-refractivity contribution in [3.05, 3.63) is 137 Å². The second kappa shape index (κ2) is 15.0. The summed E-state index contributed by atoms with van der Waals surface area (Å²) < 4.78 is 11.7. The van der Waals surface area contributed by atoms with E-state index in [0.717, 1.165) is 28.1 Å². The molecule has 5 rings (SSSR count). The van der Waals surface area contributed by atoms with E-state index >= 15 is 0 Å². The van der Waals surface area contributed by atoms with E-state index in [-0.39, 0.29) is 24.6 Å². The summed E-state index contributed by atoms with van der Waals surface area (Å²) in [5.41, 5.74) is 10.5. The molecule has 8 nitrogen and oxygen atoms in total. The Kier molecular flexibility index (Phi) is 10.9. The van der Waals surface area contributed by atoms with E-state index in [1.165, 1.54) is 0 Å². The molecule has 4 N–H and O–H groups in total. The summed E-state index contributed by atoms with van der Waals surface area (Å²) in [6.07, 6.45) is 0.800. The van der Waals surface area contributed by atoms with Crippen LogP contribution < -0.4 is 15.8 Å². The van der Waals surface area contributed by atoms with E-state index in [4.69, 9.17) is 14.9 Å². The van der Waals surface area contributed by atoms with Crippen molar-refractivity contribution in [2.24, 2.45) is 5.73 Å². The third kappa shape index (κ3) is 7.92. The number of nitrogens with zero attached hydrogens (tertiary/aromatic N) is 1. The van der Waals surface area contributed by atoms with E-state index < -0.39 is 12.0 Å². The summed E-state index contributed by atoms with van der Waals surface area (Å²) in [5, 5.41) is 13.0. The molecule has 0 aliphatic rings. The zero-order valence-corrected chi connectivity index (χ0v) is 25.1. The zero-order valence-electron chi connectivity index (χ0n) is 24.2. The van der Waals surface area contributed by atoms with Crippen molar-refractivity contribution in [3.8, 4) is 17.2 Å². The molecule has 0 aliphatic carbocycles. The number of aliphatic carboxylic acids is 1. The monoisotopic (exact) mass is 611 g/mol. The predicted octanol–water partition coefficient (Wildman–Crippen LogP) is 6.49. The van der Waals surface area contributed by atoms with Gasteiger partial charge in [-0.1, -0.05) is 66.7 Å². The maximum atomic E-state index is 13.2. The molecular formula is C35H34ClN3O5. The number of nitrogens with one attached hydrogen (secondary N) is 1. The van der Waals surface area contributed by atoms with E-state index in [2.05, 4.69) is 10.3 Å². The molecule has 1 heterocycles. The Hall–Kier alpha value is -4.92. The molecule has 5 aromatic rings. The molecule has 1 atom stereocenters. The minimum absolute atomic E-state index is 0. The fraction of sp³-hybridized carbons (Fsp3) is 0.171. The van der Waals surface area contributed by atoms with Gasteiger partial charge in [0.15, 0.2) is 5.78 Å².